The topological polar surface area (TPSA) is 127 Å². The minimum atomic E-state index is -1.19. The van der Waals surface area contributed by atoms with Crippen molar-refractivity contribution in [2.75, 3.05) is 6.54 Å². The van der Waals surface area contributed by atoms with Gasteiger partial charge in [0.05, 0.1) is 11.7 Å². The van der Waals surface area contributed by atoms with Gasteiger partial charge >= 0.3 is 11.8 Å². The number of benzene rings is 1. The number of carboxylic acid groups (broad SMARTS) is 1. The van der Waals surface area contributed by atoms with Crippen LogP contribution in [0.3, 0.4) is 0 Å². The van der Waals surface area contributed by atoms with Crippen LogP contribution in [0.25, 0.3) is 5.69 Å². The van der Waals surface area contributed by atoms with Crippen LogP contribution in [0.5, 0.6) is 5.75 Å². The summed E-state index contributed by atoms with van der Waals surface area (Å²) in [6, 6.07) is 2.32. The smallest absolute Gasteiger partial charge is 0.404 e. The molecule has 0 saturated carbocycles. The molecule has 0 saturated heterocycles. The van der Waals surface area contributed by atoms with Crippen LogP contribution in [0.4, 0.5) is 9.18 Å². The Morgan fingerprint density at radius 1 is 1.24 bits per heavy atom. The summed E-state index contributed by atoms with van der Waals surface area (Å²) >= 11 is 0. The van der Waals surface area contributed by atoms with Gasteiger partial charge in [-0.15, -0.1) is 5.10 Å². The monoisotopic (exact) mass is 479 g/mol. The van der Waals surface area contributed by atoms with Crippen molar-refractivity contribution in [3.8, 4) is 11.4 Å². The second-order valence-electron chi connectivity index (χ2n) is 8.16. The highest BCUT2D eigenvalue weighted by molar-refractivity contribution is 5.97. The highest BCUT2D eigenvalue weighted by atomic mass is 19.1. The van der Waals surface area contributed by atoms with Gasteiger partial charge in [-0.25, -0.2) is 14.0 Å². The summed E-state index contributed by atoms with van der Waals surface area (Å²) in [7, 11) is 1.47. The first-order chi connectivity index (χ1) is 16.1. The highest BCUT2D eigenvalue weighted by Crippen LogP contribution is 2.27. The minimum Gasteiger partial charge on any atom is -0.490 e. The average Bonchev–Trinajstić information content (AvgIpc) is 3.06. The lowest BCUT2D eigenvalue weighted by molar-refractivity contribution is 0.0927. The Balaban J connectivity index is 2.50. The molecular weight excluding hydrogens is 445 g/mol. The fourth-order valence-electron chi connectivity index (χ4n) is 3.55. The van der Waals surface area contributed by atoms with Crippen LogP contribution in [-0.2, 0) is 13.5 Å². The Kier molecular flexibility index (Phi) is 9.64. The number of hydrogen-bond acceptors (Lipinski definition) is 5. The predicted molar refractivity (Wildman–Crippen MR) is 125 cm³/mol. The third kappa shape index (κ3) is 6.58. The van der Waals surface area contributed by atoms with Crippen molar-refractivity contribution in [2.24, 2.45) is 7.05 Å². The first-order valence-electron chi connectivity index (χ1n) is 11.6. The van der Waals surface area contributed by atoms with Crippen LogP contribution < -0.4 is 21.1 Å². The fraction of sp³-hybridized carbons (Fsp3) is 0.565. The molecule has 34 heavy (non-hydrogen) atoms. The lowest BCUT2D eigenvalue weighted by atomic mass is 10.1. The summed E-state index contributed by atoms with van der Waals surface area (Å²) in [6.07, 6.45) is 1.76. The lowest BCUT2D eigenvalue weighted by Gasteiger charge is -2.20. The number of halogens is 1. The molecule has 2 amide bonds. The maximum absolute atomic E-state index is 15.2. The van der Waals surface area contributed by atoms with Gasteiger partial charge in [0.2, 0.25) is 0 Å². The van der Waals surface area contributed by atoms with E-state index in [0.717, 1.165) is 36.4 Å². The van der Waals surface area contributed by atoms with Crippen LogP contribution >= 0.6 is 0 Å². The summed E-state index contributed by atoms with van der Waals surface area (Å²) in [5.74, 6) is -0.824. The third-order valence-electron chi connectivity index (χ3n) is 5.56. The van der Waals surface area contributed by atoms with Gasteiger partial charge in [0, 0.05) is 32.1 Å². The van der Waals surface area contributed by atoms with Gasteiger partial charge in [-0.2, -0.15) is 4.68 Å². The summed E-state index contributed by atoms with van der Waals surface area (Å²) < 4.78 is 23.3. The van der Waals surface area contributed by atoms with Gasteiger partial charge in [0.25, 0.3) is 5.91 Å². The molecule has 0 radical (unpaired) electrons. The van der Waals surface area contributed by atoms with Crippen LogP contribution in [0.2, 0.25) is 0 Å². The number of nitrogens with zero attached hydrogens (tertiary/aromatic N) is 3. The number of hydrogen-bond donors (Lipinski definition) is 3. The molecule has 0 spiro atoms. The number of ether oxygens (including phenoxy) is 1. The Labute approximate surface area is 198 Å². The van der Waals surface area contributed by atoms with Crippen molar-refractivity contribution >= 4 is 12.0 Å². The largest absolute Gasteiger partial charge is 0.490 e. The van der Waals surface area contributed by atoms with Crippen molar-refractivity contribution in [3.05, 3.63) is 39.8 Å². The molecule has 0 aliphatic heterocycles. The van der Waals surface area contributed by atoms with Gasteiger partial charge in [-0.1, -0.05) is 27.2 Å². The van der Waals surface area contributed by atoms with Crippen LogP contribution in [-0.4, -0.2) is 50.1 Å². The van der Waals surface area contributed by atoms with E-state index in [1.54, 1.807) is 0 Å². The zero-order valence-electron chi connectivity index (χ0n) is 20.4. The molecule has 0 bridgehead atoms. The van der Waals surface area contributed by atoms with E-state index in [1.165, 1.54) is 17.7 Å². The summed E-state index contributed by atoms with van der Waals surface area (Å²) in [6.45, 7) is 7.81. The molecule has 2 rings (SSSR count). The number of carbonyl (C=O) groups is 2. The van der Waals surface area contributed by atoms with E-state index in [0.29, 0.717) is 0 Å². The normalized spacial score (nSPS) is 12.0. The van der Waals surface area contributed by atoms with E-state index in [4.69, 9.17) is 9.84 Å². The quantitative estimate of drug-likeness (QED) is 0.429. The molecule has 1 aromatic carbocycles. The van der Waals surface area contributed by atoms with E-state index in [9.17, 15) is 14.4 Å². The average molecular weight is 480 g/mol. The summed E-state index contributed by atoms with van der Waals surface area (Å²) in [4.78, 5) is 36.4. The fourth-order valence-corrected chi connectivity index (χ4v) is 3.55. The first kappa shape index (κ1) is 26.9. The maximum Gasteiger partial charge on any atom is 0.404 e. The first-order valence-corrected chi connectivity index (χ1v) is 11.6. The highest BCUT2D eigenvalue weighted by Gasteiger charge is 2.23. The second kappa shape index (κ2) is 12.2. The van der Waals surface area contributed by atoms with E-state index in [1.807, 2.05) is 27.7 Å². The van der Waals surface area contributed by atoms with Gasteiger partial charge < -0.3 is 20.5 Å². The van der Waals surface area contributed by atoms with Crippen molar-refractivity contribution in [2.45, 2.75) is 71.9 Å². The van der Waals surface area contributed by atoms with Gasteiger partial charge in [0.1, 0.15) is 23.1 Å². The molecule has 1 aromatic heterocycles. The minimum absolute atomic E-state index is 0.0418. The molecule has 1 heterocycles. The van der Waals surface area contributed by atoms with E-state index in [2.05, 4.69) is 15.7 Å². The SMILES string of the molecule is CCC[C@H](C)Oc1cc(-n2nc(CCNC(=O)O)n(C)c2=O)c(F)cc1C(=O)NC(CC)CC. The van der Waals surface area contributed by atoms with Crippen molar-refractivity contribution in [1.82, 2.24) is 25.0 Å². The zero-order valence-corrected chi connectivity index (χ0v) is 20.4. The molecular formula is C23H34FN5O5. The number of rotatable bonds is 12. The maximum atomic E-state index is 15.2. The lowest BCUT2D eigenvalue weighted by Crippen LogP contribution is -2.34. The standard InChI is InChI=1S/C23H34FN5O5/c1-6-9-14(4)34-19-13-18(17(24)12-16(19)21(30)26-15(7-2)8-3)29-23(33)28(5)20(27-29)10-11-25-22(31)32/h12-15,25H,6-11H2,1-5H3,(H,26,30)(H,31,32)/t14-/m0/s1. The number of nitrogens with one attached hydrogen (secondary N) is 2. The summed E-state index contributed by atoms with van der Waals surface area (Å²) in [5.41, 5.74) is -0.715. The van der Waals surface area contributed by atoms with Gasteiger partial charge in [-0.05, 0) is 32.3 Å². The predicted octanol–water partition coefficient (Wildman–Crippen LogP) is 3.01. The molecule has 2 aromatic rings. The molecule has 0 aliphatic carbocycles. The van der Waals surface area contributed by atoms with Crippen LogP contribution in [0.1, 0.15) is 69.6 Å². The molecule has 0 aliphatic rings. The zero-order chi connectivity index (χ0) is 25.4. The molecule has 1 atom stereocenters. The molecule has 0 fully saturated rings. The molecule has 188 valence electrons. The molecule has 3 N–H and O–H groups in total. The van der Waals surface area contributed by atoms with E-state index >= 15 is 4.39 Å². The van der Waals surface area contributed by atoms with Gasteiger partial charge in [0.15, 0.2) is 0 Å². The van der Waals surface area contributed by atoms with Crippen LogP contribution in [0.15, 0.2) is 16.9 Å². The van der Waals surface area contributed by atoms with Crippen molar-refractivity contribution < 1.29 is 23.8 Å². The Hall–Kier alpha value is -3.37. The third-order valence-corrected chi connectivity index (χ3v) is 5.56. The molecule has 11 heteroatoms. The van der Waals surface area contributed by atoms with Crippen molar-refractivity contribution in [1.29, 1.82) is 0 Å². The van der Waals surface area contributed by atoms with Crippen LogP contribution in [0, 0.1) is 5.82 Å². The van der Waals surface area contributed by atoms with Gasteiger partial charge in [-0.3, -0.25) is 9.36 Å². The Morgan fingerprint density at radius 3 is 2.50 bits per heavy atom. The van der Waals surface area contributed by atoms with Crippen molar-refractivity contribution in [3.63, 3.8) is 0 Å². The number of amides is 2. The van der Waals surface area contributed by atoms with E-state index in [-0.39, 0.29) is 47.9 Å². The Bertz CT molecular complexity index is 1060. The number of aromatic nitrogens is 3. The summed E-state index contributed by atoms with van der Waals surface area (Å²) in [5, 5.41) is 18.0. The molecule has 0 unspecified atom stereocenters. The Morgan fingerprint density at radius 2 is 1.91 bits per heavy atom. The molecule has 10 nitrogen and oxygen atoms in total. The van der Waals surface area contributed by atoms with E-state index < -0.39 is 23.5 Å². The second-order valence-corrected chi connectivity index (χ2v) is 8.16. The number of carbonyl (C=O) groups excluding carboxylic acids is 1.